The Hall–Kier alpha value is 0.137. The molecule has 0 radical (unpaired) electrons. The van der Waals surface area contributed by atoms with E-state index in [9.17, 15) is 4.79 Å². The SMILES string of the molecule is CC(C)(C)[Si](C)(C)OC1CCC(=O)C(Cl)C1. The van der Waals surface area contributed by atoms with Crippen LogP contribution in [0.4, 0.5) is 0 Å². The zero-order chi connectivity index (χ0) is 12.6. The van der Waals surface area contributed by atoms with Crippen molar-refractivity contribution in [1.29, 1.82) is 0 Å². The van der Waals surface area contributed by atoms with Crippen molar-refractivity contribution in [2.75, 3.05) is 0 Å². The van der Waals surface area contributed by atoms with Gasteiger partial charge in [0.2, 0.25) is 0 Å². The van der Waals surface area contributed by atoms with E-state index < -0.39 is 8.32 Å². The Morgan fingerprint density at radius 2 is 1.94 bits per heavy atom. The highest BCUT2D eigenvalue weighted by Gasteiger charge is 2.40. The van der Waals surface area contributed by atoms with Crippen molar-refractivity contribution in [2.24, 2.45) is 0 Å². The van der Waals surface area contributed by atoms with Gasteiger partial charge in [-0.1, -0.05) is 20.8 Å². The molecule has 0 aromatic heterocycles. The molecule has 0 N–H and O–H groups in total. The topological polar surface area (TPSA) is 26.3 Å². The number of rotatable bonds is 2. The van der Waals surface area contributed by atoms with Gasteiger partial charge in [-0.2, -0.15) is 0 Å². The van der Waals surface area contributed by atoms with Crippen molar-refractivity contribution in [3.63, 3.8) is 0 Å². The standard InChI is InChI=1S/C12H23ClO2Si/c1-12(2,3)16(4,5)15-9-6-7-11(14)10(13)8-9/h9-10H,6-8H2,1-5H3. The largest absolute Gasteiger partial charge is 0.414 e. The van der Waals surface area contributed by atoms with Crippen molar-refractivity contribution >= 4 is 25.7 Å². The zero-order valence-electron chi connectivity index (χ0n) is 11.0. The molecule has 2 unspecified atom stereocenters. The molecular formula is C12H23ClO2Si. The lowest BCUT2D eigenvalue weighted by atomic mass is 9.96. The molecule has 0 aromatic rings. The third-order valence-corrected chi connectivity index (χ3v) is 8.76. The molecule has 0 saturated heterocycles. The summed E-state index contributed by atoms with van der Waals surface area (Å²) in [6, 6.07) is 0. The molecule has 2 nitrogen and oxygen atoms in total. The van der Waals surface area contributed by atoms with Gasteiger partial charge in [-0.3, -0.25) is 4.79 Å². The number of hydrogen-bond donors (Lipinski definition) is 0. The molecule has 0 heterocycles. The predicted molar refractivity (Wildman–Crippen MR) is 70.6 cm³/mol. The molecule has 94 valence electrons. The number of ketones is 1. The number of alkyl halides is 1. The van der Waals surface area contributed by atoms with Gasteiger partial charge in [0.1, 0.15) is 0 Å². The molecule has 2 atom stereocenters. The first kappa shape index (κ1) is 14.2. The third-order valence-electron chi connectivity index (χ3n) is 3.80. The van der Waals surface area contributed by atoms with E-state index in [0.717, 1.165) is 6.42 Å². The smallest absolute Gasteiger partial charge is 0.192 e. The van der Waals surface area contributed by atoms with E-state index in [0.29, 0.717) is 12.8 Å². The Morgan fingerprint density at radius 3 is 2.38 bits per heavy atom. The van der Waals surface area contributed by atoms with Crippen LogP contribution in [0.15, 0.2) is 0 Å². The quantitative estimate of drug-likeness (QED) is 0.560. The van der Waals surface area contributed by atoms with Crippen LogP contribution in [-0.2, 0) is 9.22 Å². The third kappa shape index (κ3) is 3.31. The first-order chi connectivity index (χ1) is 7.13. The molecule has 0 aromatic carbocycles. The van der Waals surface area contributed by atoms with Gasteiger partial charge in [0.15, 0.2) is 14.1 Å². The van der Waals surface area contributed by atoms with Crippen molar-refractivity contribution in [1.82, 2.24) is 0 Å². The summed E-state index contributed by atoms with van der Waals surface area (Å²) in [5.41, 5.74) is 0. The van der Waals surface area contributed by atoms with Crippen LogP contribution in [-0.4, -0.2) is 25.6 Å². The molecule has 1 rings (SSSR count). The second-order valence-electron chi connectivity index (χ2n) is 6.21. The van der Waals surface area contributed by atoms with Gasteiger partial charge in [-0.25, -0.2) is 0 Å². The van der Waals surface area contributed by atoms with Crippen molar-refractivity contribution in [2.45, 2.75) is 69.6 Å². The molecule has 16 heavy (non-hydrogen) atoms. The van der Waals surface area contributed by atoms with Gasteiger partial charge in [0, 0.05) is 12.5 Å². The van der Waals surface area contributed by atoms with E-state index in [4.69, 9.17) is 16.0 Å². The highest BCUT2D eigenvalue weighted by Crippen LogP contribution is 2.39. The summed E-state index contributed by atoms with van der Waals surface area (Å²) < 4.78 is 6.26. The Kier molecular flexibility index (Phi) is 4.25. The summed E-state index contributed by atoms with van der Waals surface area (Å²) >= 11 is 5.99. The van der Waals surface area contributed by atoms with Gasteiger partial charge in [0.05, 0.1) is 5.38 Å². The molecule has 0 amide bonds. The van der Waals surface area contributed by atoms with Crippen LogP contribution in [0.25, 0.3) is 0 Å². The molecule has 1 fully saturated rings. The van der Waals surface area contributed by atoms with E-state index in [-0.39, 0.29) is 22.3 Å². The van der Waals surface area contributed by atoms with Crippen LogP contribution in [0.1, 0.15) is 40.0 Å². The fraction of sp³-hybridized carbons (Fsp3) is 0.917. The highest BCUT2D eigenvalue weighted by molar-refractivity contribution is 6.74. The Morgan fingerprint density at radius 1 is 1.38 bits per heavy atom. The molecular weight excluding hydrogens is 240 g/mol. The van der Waals surface area contributed by atoms with Crippen molar-refractivity contribution in [3.8, 4) is 0 Å². The Labute approximate surface area is 105 Å². The highest BCUT2D eigenvalue weighted by atomic mass is 35.5. The van der Waals surface area contributed by atoms with Crippen LogP contribution in [0.2, 0.25) is 18.1 Å². The number of Topliss-reactive ketones (excluding diaryl/α,β-unsaturated/α-hetero) is 1. The number of hydrogen-bond acceptors (Lipinski definition) is 2. The van der Waals surface area contributed by atoms with Crippen LogP contribution < -0.4 is 0 Å². The molecule has 1 saturated carbocycles. The van der Waals surface area contributed by atoms with E-state index in [1.54, 1.807) is 0 Å². The predicted octanol–water partition coefficient (Wildman–Crippen LogP) is 3.74. The van der Waals surface area contributed by atoms with Gasteiger partial charge < -0.3 is 4.43 Å². The Balaban J connectivity index is 2.59. The fourth-order valence-electron chi connectivity index (χ4n) is 1.64. The maximum absolute atomic E-state index is 11.3. The summed E-state index contributed by atoms with van der Waals surface area (Å²) in [7, 11) is -1.71. The number of carbonyl (C=O) groups excluding carboxylic acids is 1. The van der Waals surface area contributed by atoms with Gasteiger partial charge in [-0.15, -0.1) is 11.6 Å². The summed E-state index contributed by atoms with van der Waals surface area (Å²) in [4.78, 5) is 11.3. The molecule has 1 aliphatic rings. The second-order valence-corrected chi connectivity index (χ2v) is 11.5. The van der Waals surface area contributed by atoms with Crippen molar-refractivity contribution in [3.05, 3.63) is 0 Å². The van der Waals surface area contributed by atoms with Crippen molar-refractivity contribution < 1.29 is 9.22 Å². The second kappa shape index (κ2) is 4.79. The lowest BCUT2D eigenvalue weighted by Gasteiger charge is -2.40. The molecule has 4 heteroatoms. The monoisotopic (exact) mass is 262 g/mol. The minimum Gasteiger partial charge on any atom is -0.414 e. The first-order valence-electron chi connectivity index (χ1n) is 5.98. The van der Waals surface area contributed by atoms with E-state index in [1.807, 2.05) is 0 Å². The van der Waals surface area contributed by atoms with Gasteiger partial charge in [0.25, 0.3) is 0 Å². The minimum absolute atomic E-state index is 0.178. The van der Waals surface area contributed by atoms with Gasteiger partial charge in [-0.05, 0) is 31.0 Å². The average molecular weight is 263 g/mol. The lowest BCUT2D eigenvalue weighted by Crippen LogP contribution is -2.46. The summed E-state index contributed by atoms with van der Waals surface area (Å²) in [6.45, 7) is 11.2. The van der Waals surface area contributed by atoms with Crippen LogP contribution >= 0.6 is 11.6 Å². The summed E-state index contributed by atoms with van der Waals surface area (Å²) in [6.07, 6.45) is 2.29. The minimum atomic E-state index is -1.71. The maximum atomic E-state index is 11.3. The normalized spacial score (nSPS) is 28.2. The Bertz CT molecular complexity index is 271. The van der Waals surface area contributed by atoms with E-state index >= 15 is 0 Å². The molecule has 0 aliphatic heterocycles. The average Bonchev–Trinajstić information content (AvgIpc) is 2.09. The van der Waals surface area contributed by atoms with Crippen LogP contribution in [0, 0.1) is 0 Å². The summed E-state index contributed by atoms with van der Waals surface area (Å²) in [5.74, 6) is 0.178. The summed E-state index contributed by atoms with van der Waals surface area (Å²) in [5, 5.41) is -0.112. The first-order valence-corrected chi connectivity index (χ1v) is 9.32. The van der Waals surface area contributed by atoms with E-state index in [2.05, 4.69) is 33.9 Å². The van der Waals surface area contributed by atoms with E-state index in [1.165, 1.54) is 0 Å². The zero-order valence-corrected chi connectivity index (χ0v) is 12.7. The fourth-order valence-corrected chi connectivity index (χ4v) is 3.35. The molecule has 0 bridgehead atoms. The molecule has 1 aliphatic carbocycles. The van der Waals surface area contributed by atoms with Crippen LogP contribution in [0.5, 0.6) is 0 Å². The number of carbonyl (C=O) groups is 1. The lowest BCUT2D eigenvalue weighted by molar-refractivity contribution is -0.121. The molecule has 0 spiro atoms. The number of halogens is 1. The maximum Gasteiger partial charge on any atom is 0.192 e. The van der Waals surface area contributed by atoms with Crippen LogP contribution in [0.3, 0.4) is 0 Å². The van der Waals surface area contributed by atoms with Gasteiger partial charge >= 0.3 is 0 Å².